The third-order valence-corrected chi connectivity index (χ3v) is 4.41. The minimum atomic E-state index is -4.93. The van der Waals surface area contributed by atoms with Crippen LogP contribution in [-0.4, -0.2) is 16.0 Å². The first-order valence-corrected chi connectivity index (χ1v) is 7.51. The lowest BCUT2D eigenvalue weighted by molar-refractivity contribution is -0.142. The summed E-state index contributed by atoms with van der Waals surface area (Å²) in [5.41, 5.74) is 2.48. The second kappa shape index (κ2) is 5.65. The average Bonchev–Trinajstić information content (AvgIpc) is 2.88. The van der Waals surface area contributed by atoms with Gasteiger partial charge in [0.2, 0.25) is 0 Å². The monoisotopic (exact) mass is 351 g/mol. The average molecular weight is 351 g/mol. The number of fused-ring (bicyclic) bond motifs is 1. The molecular formula is C15H15F6N3. The number of alkyl halides is 6. The fraction of sp³-hybridized carbons (Fsp3) is 0.533. The van der Waals surface area contributed by atoms with E-state index in [4.69, 9.17) is 5.73 Å². The molecule has 2 atom stereocenters. The van der Waals surface area contributed by atoms with E-state index in [-0.39, 0.29) is 29.4 Å². The van der Waals surface area contributed by atoms with E-state index >= 15 is 0 Å². The molecule has 0 unspecified atom stereocenters. The molecular weight excluding hydrogens is 336 g/mol. The number of aromatic nitrogens is 2. The maximum atomic E-state index is 13.2. The van der Waals surface area contributed by atoms with Gasteiger partial charge in [-0.3, -0.25) is 0 Å². The number of nitrogens with two attached hydrogens (primary N) is 1. The van der Waals surface area contributed by atoms with Gasteiger partial charge in [-0.1, -0.05) is 12.8 Å². The van der Waals surface area contributed by atoms with Gasteiger partial charge in [0.1, 0.15) is 11.3 Å². The zero-order chi connectivity index (χ0) is 17.7. The summed E-state index contributed by atoms with van der Waals surface area (Å²) in [7, 11) is 0. The van der Waals surface area contributed by atoms with Gasteiger partial charge in [-0.15, -0.1) is 0 Å². The molecule has 9 heteroatoms. The van der Waals surface area contributed by atoms with Crippen LogP contribution in [0.15, 0.2) is 12.1 Å². The molecule has 3 nitrogen and oxygen atoms in total. The molecule has 1 aromatic heterocycles. The van der Waals surface area contributed by atoms with Crippen molar-refractivity contribution in [2.24, 2.45) is 5.73 Å². The number of aromatic amines is 1. The van der Waals surface area contributed by atoms with Gasteiger partial charge >= 0.3 is 12.4 Å². The Balaban J connectivity index is 2.17. The summed E-state index contributed by atoms with van der Waals surface area (Å²) >= 11 is 0. The van der Waals surface area contributed by atoms with Crippen LogP contribution in [0.5, 0.6) is 0 Å². The van der Waals surface area contributed by atoms with E-state index in [0.29, 0.717) is 18.9 Å². The second-order valence-corrected chi connectivity index (χ2v) is 6.09. The van der Waals surface area contributed by atoms with Crippen LogP contribution in [0.25, 0.3) is 11.0 Å². The number of benzene rings is 1. The van der Waals surface area contributed by atoms with Crippen LogP contribution < -0.4 is 5.73 Å². The smallest absolute Gasteiger partial charge is 0.342 e. The summed E-state index contributed by atoms with van der Waals surface area (Å²) in [5, 5.41) is 0. The molecule has 0 amide bonds. The van der Waals surface area contributed by atoms with Crippen LogP contribution in [0.1, 0.15) is 48.6 Å². The van der Waals surface area contributed by atoms with Crippen molar-refractivity contribution in [1.82, 2.24) is 9.97 Å². The molecule has 3 rings (SSSR count). The highest BCUT2D eigenvalue weighted by molar-refractivity contribution is 5.80. The number of imidazole rings is 1. The van der Waals surface area contributed by atoms with Crippen LogP contribution >= 0.6 is 0 Å². The number of nitrogens with zero attached hydrogens (tertiary/aromatic N) is 1. The molecule has 0 aliphatic heterocycles. The molecule has 2 aromatic rings. The van der Waals surface area contributed by atoms with Gasteiger partial charge in [0, 0.05) is 12.0 Å². The van der Waals surface area contributed by atoms with Crippen LogP contribution in [0.3, 0.4) is 0 Å². The van der Waals surface area contributed by atoms with Crippen molar-refractivity contribution < 1.29 is 26.3 Å². The third-order valence-electron chi connectivity index (χ3n) is 4.41. The molecule has 0 bridgehead atoms. The first-order valence-electron chi connectivity index (χ1n) is 7.51. The summed E-state index contributed by atoms with van der Waals surface area (Å²) in [6.07, 6.45) is -6.67. The first-order chi connectivity index (χ1) is 11.1. The van der Waals surface area contributed by atoms with Crippen molar-refractivity contribution in [2.75, 3.05) is 0 Å². The second-order valence-electron chi connectivity index (χ2n) is 6.09. The molecule has 1 fully saturated rings. The zero-order valence-electron chi connectivity index (χ0n) is 12.4. The topological polar surface area (TPSA) is 54.7 Å². The Morgan fingerprint density at radius 1 is 1.00 bits per heavy atom. The SMILES string of the molecule is N[C@H]1CCCC[C@H]1c1nc2c(C(F)(F)F)cc(C(F)(F)F)cc2[nH]1. The molecule has 3 N–H and O–H groups in total. The Morgan fingerprint density at radius 3 is 2.25 bits per heavy atom. The number of hydrogen-bond acceptors (Lipinski definition) is 2. The molecule has 1 aliphatic rings. The summed E-state index contributed by atoms with van der Waals surface area (Å²) in [4.78, 5) is 6.58. The maximum absolute atomic E-state index is 13.2. The van der Waals surface area contributed by atoms with Gasteiger partial charge < -0.3 is 10.7 Å². The molecule has 1 saturated carbocycles. The largest absolute Gasteiger partial charge is 0.418 e. The Morgan fingerprint density at radius 2 is 1.67 bits per heavy atom. The lowest BCUT2D eigenvalue weighted by Gasteiger charge is -2.26. The molecule has 1 aliphatic carbocycles. The number of hydrogen-bond donors (Lipinski definition) is 2. The van der Waals surface area contributed by atoms with E-state index in [1.54, 1.807) is 0 Å². The number of nitrogens with one attached hydrogen (secondary N) is 1. The van der Waals surface area contributed by atoms with Crippen LogP contribution in [0, 0.1) is 0 Å². The van der Waals surface area contributed by atoms with Gasteiger partial charge in [-0.05, 0) is 25.0 Å². The van der Waals surface area contributed by atoms with E-state index < -0.39 is 29.0 Å². The standard InChI is InChI=1S/C15H15F6N3/c16-14(17,18)7-5-9(15(19,20)21)12-11(6-7)23-13(24-12)8-3-1-2-4-10(8)22/h5-6,8,10H,1-4,22H2,(H,23,24)/t8-,10+/m1/s1. The van der Waals surface area contributed by atoms with Crippen LogP contribution in [0.4, 0.5) is 26.3 Å². The predicted molar refractivity (Wildman–Crippen MR) is 75.3 cm³/mol. The van der Waals surface area contributed by atoms with Gasteiger partial charge in [0.15, 0.2) is 0 Å². The molecule has 1 aromatic carbocycles. The van der Waals surface area contributed by atoms with Gasteiger partial charge in [-0.25, -0.2) is 4.98 Å². The van der Waals surface area contributed by atoms with E-state index in [9.17, 15) is 26.3 Å². The normalized spacial score (nSPS) is 23.0. The fourth-order valence-corrected chi connectivity index (χ4v) is 3.19. The summed E-state index contributed by atoms with van der Waals surface area (Å²) in [6, 6.07) is 0.499. The van der Waals surface area contributed by atoms with Crippen molar-refractivity contribution in [1.29, 1.82) is 0 Å². The quantitative estimate of drug-likeness (QED) is 0.739. The van der Waals surface area contributed by atoms with E-state index in [0.717, 1.165) is 12.8 Å². The molecule has 132 valence electrons. The number of rotatable bonds is 1. The minimum absolute atomic E-state index is 0.105. The Hall–Kier alpha value is -1.77. The lowest BCUT2D eigenvalue weighted by Crippen LogP contribution is -2.31. The highest BCUT2D eigenvalue weighted by atomic mass is 19.4. The highest BCUT2D eigenvalue weighted by Gasteiger charge is 2.39. The third kappa shape index (κ3) is 3.09. The Kier molecular flexibility index (Phi) is 4.01. The van der Waals surface area contributed by atoms with Crippen molar-refractivity contribution in [3.63, 3.8) is 0 Å². The zero-order valence-corrected chi connectivity index (χ0v) is 12.4. The van der Waals surface area contributed by atoms with E-state index in [2.05, 4.69) is 9.97 Å². The van der Waals surface area contributed by atoms with Gasteiger partial charge in [0.05, 0.1) is 16.6 Å². The molecule has 24 heavy (non-hydrogen) atoms. The molecule has 0 spiro atoms. The van der Waals surface area contributed by atoms with Gasteiger partial charge in [0.25, 0.3) is 0 Å². The van der Waals surface area contributed by atoms with Crippen LogP contribution in [-0.2, 0) is 12.4 Å². The fourth-order valence-electron chi connectivity index (χ4n) is 3.19. The van der Waals surface area contributed by atoms with E-state index in [1.165, 1.54) is 0 Å². The number of halogens is 6. The van der Waals surface area contributed by atoms with E-state index in [1.807, 2.05) is 0 Å². The van der Waals surface area contributed by atoms with Crippen molar-refractivity contribution in [3.05, 3.63) is 29.1 Å². The van der Waals surface area contributed by atoms with Crippen molar-refractivity contribution in [2.45, 2.75) is 50.0 Å². The Labute approximate surface area is 133 Å². The molecule has 1 heterocycles. The molecule has 0 saturated heterocycles. The minimum Gasteiger partial charge on any atom is -0.342 e. The van der Waals surface area contributed by atoms with Crippen LogP contribution in [0.2, 0.25) is 0 Å². The van der Waals surface area contributed by atoms with Crippen molar-refractivity contribution in [3.8, 4) is 0 Å². The summed E-state index contributed by atoms with van der Waals surface area (Å²) < 4.78 is 78.2. The predicted octanol–water partition coefficient (Wildman–Crippen LogP) is 4.59. The Bertz CT molecular complexity index is 746. The number of H-pyrrole nitrogens is 1. The lowest BCUT2D eigenvalue weighted by atomic mass is 9.84. The summed E-state index contributed by atoms with van der Waals surface area (Å²) in [5.74, 6) is -0.0522. The van der Waals surface area contributed by atoms with Crippen molar-refractivity contribution >= 4 is 11.0 Å². The maximum Gasteiger partial charge on any atom is 0.418 e. The summed E-state index contributed by atoms with van der Waals surface area (Å²) in [6.45, 7) is 0. The first kappa shape index (κ1) is 17.1. The van der Waals surface area contributed by atoms with Gasteiger partial charge in [-0.2, -0.15) is 26.3 Å². The molecule has 0 radical (unpaired) electrons. The highest BCUT2D eigenvalue weighted by Crippen LogP contribution is 2.40.